The van der Waals surface area contributed by atoms with Gasteiger partial charge in [0.2, 0.25) is 5.78 Å². The van der Waals surface area contributed by atoms with Crippen LogP contribution in [0.1, 0.15) is 15.2 Å². The molecule has 1 aromatic carbocycles. The van der Waals surface area contributed by atoms with Crippen molar-refractivity contribution in [3.8, 4) is 0 Å². The highest BCUT2D eigenvalue weighted by Gasteiger charge is 2.20. The molecule has 1 nitrogen and oxygen atoms in total. The fourth-order valence-corrected chi connectivity index (χ4v) is 2.61. The van der Waals surface area contributed by atoms with Gasteiger partial charge in [-0.1, -0.05) is 0 Å². The van der Waals surface area contributed by atoms with E-state index in [4.69, 9.17) is 0 Å². The van der Waals surface area contributed by atoms with Crippen molar-refractivity contribution in [3.05, 3.63) is 55.9 Å². The molecular formula is C11H4BrF3OS. The second kappa shape index (κ2) is 4.62. The zero-order valence-corrected chi connectivity index (χ0v) is 10.5. The summed E-state index contributed by atoms with van der Waals surface area (Å²) in [6.07, 6.45) is 0. The van der Waals surface area contributed by atoms with E-state index in [-0.39, 0.29) is 4.88 Å². The average molecular weight is 321 g/mol. The standard InChI is InChI=1S/C11H4BrF3OS/c12-8-4-3-7(17-8)11(16)5-1-2-6(13)10(15)9(5)14/h1-4H. The highest BCUT2D eigenvalue weighted by atomic mass is 79.9. The van der Waals surface area contributed by atoms with Crippen molar-refractivity contribution in [3.63, 3.8) is 0 Å². The van der Waals surface area contributed by atoms with Gasteiger partial charge in [-0.25, -0.2) is 13.2 Å². The SMILES string of the molecule is O=C(c1ccc(Br)s1)c1ccc(F)c(F)c1F. The lowest BCUT2D eigenvalue weighted by molar-refractivity contribution is 0.103. The number of thiophene rings is 1. The van der Waals surface area contributed by atoms with Gasteiger partial charge in [-0.3, -0.25) is 4.79 Å². The largest absolute Gasteiger partial charge is 0.288 e. The van der Waals surface area contributed by atoms with E-state index in [2.05, 4.69) is 15.9 Å². The van der Waals surface area contributed by atoms with Crippen LogP contribution in [0, 0.1) is 17.5 Å². The normalized spacial score (nSPS) is 10.6. The molecular weight excluding hydrogens is 317 g/mol. The van der Waals surface area contributed by atoms with E-state index < -0.39 is 28.8 Å². The number of rotatable bonds is 2. The third-order valence-corrected chi connectivity index (χ3v) is 3.70. The van der Waals surface area contributed by atoms with E-state index in [9.17, 15) is 18.0 Å². The number of carbonyl (C=O) groups is 1. The van der Waals surface area contributed by atoms with E-state index in [0.29, 0.717) is 3.79 Å². The summed E-state index contributed by atoms with van der Waals surface area (Å²) in [5.74, 6) is -5.07. The molecule has 2 rings (SSSR count). The zero-order chi connectivity index (χ0) is 12.6. The summed E-state index contributed by atoms with van der Waals surface area (Å²) in [7, 11) is 0. The fourth-order valence-electron chi connectivity index (χ4n) is 1.27. The van der Waals surface area contributed by atoms with E-state index >= 15 is 0 Å². The van der Waals surface area contributed by atoms with E-state index in [1.54, 1.807) is 6.07 Å². The Morgan fingerprint density at radius 1 is 1.06 bits per heavy atom. The molecule has 0 atom stereocenters. The quantitative estimate of drug-likeness (QED) is 0.600. The number of benzene rings is 1. The molecule has 0 amide bonds. The van der Waals surface area contributed by atoms with Gasteiger partial charge in [0.15, 0.2) is 17.5 Å². The van der Waals surface area contributed by atoms with Crippen molar-refractivity contribution in [2.24, 2.45) is 0 Å². The lowest BCUT2D eigenvalue weighted by Crippen LogP contribution is -2.05. The summed E-state index contributed by atoms with van der Waals surface area (Å²) < 4.78 is 39.7. The predicted molar refractivity (Wildman–Crippen MR) is 61.8 cm³/mol. The third-order valence-electron chi connectivity index (χ3n) is 2.08. The third kappa shape index (κ3) is 2.28. The molecule has 0 fully saturated rings. The Morgan fingerprint density at radius 3 is 2.35 bits per heavy atom. The predicted octanol–water partition coefficient (Wildman–Crippen LogP) is 4.16. The molecule has 0 saturated carbocycles. The number of halogens is 4. The first-order valence-corrected chi connectivity index (χ1v) is 6.05. The summed E-state index contributed by atoms with van der Waals surface area (Å²) in [6, 6.07) is 4.77. The average Bonchev–Trinajstić information content (AvgIpc) is 2.72. The molecule has 2 aromatic rings. The van der Waals surface area contributed by atoms with Crippen LogP contribution in [0.25, 0.3) is 0 Å². The second-order valence-corrected chi connectivity index (χ2v) is 5.62. The van der Waals surface area contributed by atoms with Crippen molar-refractivity contribution < 1.29 is 18.0 Å². The summed E-state index contributed by atoms with van der Waals surface area (Å²) >= 11 is 4.25. The van der Waals surface area contributed by atoms with Crippen LogP contribution in [-0.2, 0) is 0 Å². The molecule has 6 heteroatoms. The Hall–Kier alpha value is -1.14. The van der Waals surface area contributed by atoms with Crippen LogP contribution in [0.15, 0.2) is 28.1 Å². The Labute approximate surface area is 107 Å². The van der Waals surface area contributed by atoms with E-state index in [1.807, 2.05) is 0 Å². The van der Waals surface area contributed by atoms with Crippen LogP contribution in [0.4, 0.5) is 13.2 Å². The van der Waals surface area contributed by atoms with Crippen molar-refractivity contribution in [2.75, 3.05) is 0 Å². The first-order chi connectivity index (χ1) is 8.00. The molecule has 0 bridgehead atoms. The Balaban J connectivity index is 2.48. The van der Waals surface area contributed by atoms with Crippen molar-refractivity contribution in [1.82, 2.24) is 0 Å². The Kier molecular flexibility index (Phi) is 3.35. The lowest BCUT2D eigenvalue weighted by Gasteiger charge is -2.02. The van der Waals surface area contributed by atoms with Gasteiger partial charge in [-0.05, 0) is 40.2 Å². The molecule has 0 unspecified atom stereocenters. The maximum absolute atomic E-state index is 13.4. The zero-order valence-electron chi connectivity index (χ0n) is 8.14. The van der Waals surface area contributed by atoms with Crippen LogP contribution in [0.5, 0.6) is 0 Å². The first kappa shape index (κ1) is 12.3. The van der Waals surface area contributed by atoms with Gasteiger partial charge in [0.05, 0.1) is 14.2 Å². The van der Waals surface area contributed by atoms with Crippen molar-refractivity contribution >= 4 is 33.0 Å². The molecule has 1 heterocycles. The number of carbonyl (C=O) groups excluding carboxylic acids is 1. The highest BCUT2D eigenvalue weighted by molar-refractivity contribution is 9.11. The molecule has 0 radical (unpaired) electrons. The fraction of sp³-hybridized carbons (Fsp3) is 0. The number of hydrogen-bond acceptors (Lipinski definition) is 2. The van der Waals surface area contributed by atoms with Crippen LogP contribution in [0.2, 0.25) is 0 Å². The van der Waals surface area contributed by atoms with Gasteiger partial charge in [-0.15, -0.1) is 11.3 Å². The molecule has 0 aliphatic carbocycles. The summed E-state index contributed by atoms with van der Waals surface area (Å²) in [6.45, 7) is 0. The molecule has 88 valence electrons. The Morgan fingerprint density at radius 2 is 1.76 bits per heavy atom. The number of hydrogen-bond donors (Lipinski definition) is 0. The van der Waals surface area contributed by atoms with Crippen LogP contribution >= 0.6 is 27.3 Å². The molecule has 1 aromatic heterocycles. The van der Waals surface area contributed by atoms with Crippen molar-refractivity contribution in [2.45, 2.75) is 0 Å². The van der Waals surface area contributed by atoms with E-state index in [1.165, 1.54) is 6.07 Å². The smallest absolute Gasteiger partial charge is 0.206 e. The van der Waals surface area contributed by atoms with Crippen LogP contribution in [-0.4, -0.2) is 5.78 Å². The molecule has 17 heavy (non-hydrogen) atoms. The van der Waals surface area contributed by atoms with E-state index in [0.717, 1.165) is 23.5 Å². The highest BCUT2D eigenvalue weighted by Crippen LogP contribution is 2.26. The van der Waals surface area contributed by atoms with Crippen molar-refractivity contribution in [1.29, 1.82) is 0 Å². The topological polar surface area (TPSA) is 17.1 Å². The van der Waals surface area contributed by atoms with Gasteiger partial charge < -0.3 is 0 Å². The molecule has 0 aliphatic rings. The second-order valence-electron chi connectivity index (χ2n) is 3.16. The minimum absolute atomic E-state index is 0.252. The summed E-state index contributed by atoms with van der Waals surface area (Å²) in [5, 5.41) is 0. The Bertz CT molecular complexity index is 594. The minimum atomic E-state index is -1.63. The van der Waals surface area contributed by atoms with Gasteiger partial charge in [0, 0.05) is 0 Å². The van der Waals surface area contributed by atoms with Crippen LogP contribution in [0.3, 0.4) is 0 Å². The minimum Gasteiger partial charge on any atom is -0.288 e. The number of ketones is 1. The van der Waals surface area contributed by atoms with Gasteiger partial charge >= 0.3 is 0 Å². The van der Waals surface area contributed by atoms with Gasteiger partial charge in [0.25, 0.3) is 0 Å². The summed E-state index contributed by atoms with van der Waals surface area (Å²) in [4.78, 5) is 12.1. The summed E-state index contributed by atoms with van der Waals surface area (Å²) in [5.41, 5.74) is -0.474. The lowest BCUT2D eigenvalue weighted by atomic mass is 10.1. The molecule has 0 spiro atoms. The van der Waals surface area contributed by atoms with Gasteiger partial charge in [0.1, 0.15) is 0 Å². The van der Waals surface area contributed by atoms with Crippen LogP contribution < -0.4 is 0 Å². The molecule has 0 N–H and O–H groups in total. The first-order valence-electron chi connectivity index (χ1n) is 4.44. The van der Waals surface area contributed by atoms with Gasteiger partial charge in [-0.2, -0.15) is 0 Å². The maximum atomic E-state index is 13.4. The molecule has 0 aliphatic heterocycles. The maximum Gasteiger partial charge on any atom is 0.206 e. The molecule has 0 saturated heterocycles. The monoisotopic (exact) mass is 320 g/mol.